The van der Waals surface area contributed by atoms with Gasteiger partial charge in [0, 0.05) is 37.8 Å². The van der Waals surface area contributed by atoms with Gasteiger partial charge in [0.25, 0.3) is 0 Å². The summed E-state index contributed by atoms with van der Waals surface area (Å²) in [5.41, 5.74) is 5.37. The average Bonchev–Trinajstić information content (AvgIpc) is 3.09. The molecule has 1 fully saturated rings. The van der Waals surface area contributed by atoms with Crippen LogP contribution in [0.2, 0.25) is 0 Å². The number of hydrogen-bond donors (Lipinski definition) is 0. The van der Waals surface area contributed by atoms with Crippen molar-refractivity contribution in [2.45, 2.75) is 70.4 Å². The lowest BCUT2D eigenvalue weighted by molar-refractivity contribution is -0.140. The van der Waals surface area contributed by atoms with E-state index in [1.165, 1.54) is 29.4 Å². The molecule has 10 heteroatoms. The van der Waals surface area contributed by atoms with Crippen molar-refractivity contribution in [2.24, 2.45) is 11.8 Å². The van der Waals surface area contributed by atoms with Gasteiger partial charge in [0.1, 0.15) is 4.32 Å². The van der Waals surface area contributed by atoms with Crippen molar-refractivity contribution in [3.8, 4) is 23.0 Å². The lowest BCUT2D eigenvalue weighted by Gasteiger charge is -2.49. The van der Waals surface area contributed by atoms with Crippen LogP contribution < -0.4 is 18.9 Å². The van der Waals surface area contributed by atoms with Gasteiger partial charge in [-0.1, -0.05) is 37.3 Å². The smallest absolute Gasteiger partial charge is 0.305 e. The number of rotatable bonds is 12. The Kier molecular flexibility index (Phi) is 12.0. The molecular weight excluding hydrogens is 621 g/mol. The summed E-state index contributed by atoms with van der Waals surface area (Å²) in [7, 11) is 8.29. The standard InChI is InChI=1S/C36H50N2O6S2/c1-7-23-22-37-13-11-24-18-31(40-2)33(42-4)20-27(24)29(37)16-26(23)17-30-28-21-34(43-5)32(41-3)19-25(28)12-14-38(30)36(45)46-15-9-8-10-35(39)44-6/h18-21,23,26,29-30H,7-17,22H2,1-6H3/t23-,26+,29-,30+/m0/s1. The molecule has 2 aromatic carbocycles. The van der Waals surface area contributed by atoms with Crippen molar-refractivity contribution in [1.29, 1.82) is 0 Å². The fourth-order valence-corrected chi connectivity index (χ4v) is 9.13. The number of thiocarbonyl (C=S) groups is 1. The first-order valence-electron chi connectivity index (χ1n) is 16.6. The second-order valence-corrected chi connectivity index (χ2v) is 14.3. The number of nitrogens with zero attached hydrogens (tertiary/aromatic N) is 2. The monoisotopic (exact) mass is 670 g/mol. The van der Waals surface area contributed by atoms with E-state index in [-0.39, 0.29) is 12.0 Å². The van der Waals surface area contributed by atoms with Crippen LogP contribution in [0.1, 0.15) is 79.8 Å². The zero-order valence-corrected chi connectivity index (χ0v) is 29.9. The van der Waals surface area contributed by atoms with Crippen molar-refractivity contribution < 1.29 is 28.5 Å². The lowest BCUT2D eigenvalue weighted by Crippen LogP contribution is -2.47. The van der Waals surface area contributed by atoms with Crippen LogP contribution in [0.3, 0.4) is 0 Å². The zero-order valence-electron chi connectivity index (χ0n) is 28.3. The normalized spacial score (nSPS) is 22.3. The number of carbonyl (C=O) groups excluding carboxylic acids is 1. The van der Waals surface area contributed by atoms with Crippen LogP contribution in [-0.2, 0) is 22.4 Å². The van der Waals surface area contributed by atoms with Crippen molar-refractivity contribution >= 4 is 34.3 Å². The summed E-state index contributed by atoms with van der Waals surface area (Å²) in [6, 6.07) is 9.27. The Morgan fingerprint density at radius 3 is 2.09 bits per heavy atom. The number of ether oxygens (including phenoxy) is 5. The zero-order chi connectivity index (χ0) is 32.8. The molecule has 5 rings (SSSR count). The van der Waals surface area contributed by atoms with E-state index in [0.29, 0.717) is 24.3 Å². The van der Waals surface area contributed by atoms with Gasteiger partial charge >= 0.3 is 5.97 Å². The number of unbranched alkanes of at least 4 members (excludes halogenated alkanes) is 1. The maximum atomic E-state index is 11.6. The number of carbonyl (C=O) groups is 1. The molecule has 2 aromatic rings. The van der Waals surface area contributed by atoms with Crippen molar-refractivity contribution in [2.75, 3.05) is 60.9 Å². The van der Waals surface area contributed by atoms with Crippen LogP contribution >= 0.6 is 24.0 Å². The summed E-state index contributed by atoms with van der Waals surface area (Å²) in [5, 5.41) is 0. The molecule has 0 amide bonds. The van der Waals surface area contributed by atoms with E-state index in [9.17, 15) is 4.79 Å². The number of hydrogen-bond acceptors (Lipinski definition) is 9. The number of thioether (sulfide) groups is 1. The van der Waals surface area contributed by atoms with Gasteiger partial charge in [-0.15, -0.1) is 0 Å². The molecular formula is C36H50N2O6S2. The molecule has 252 valence electrons. The summed E-state index contributed by atoms with van der Waals surface area (Å²) >= 11 is 7.88. The average molecular weight is 671 g/mol. The van der Waals surface area contributed by atoms with Crippen LogP contribution in [0.15, 0.2) is 24.3 Å². The largest absolute Gasteiger partial charge is 0.493 e. The maximum absolute atomic E-state index is 11.6. The van der Waals surface area contributed by atoms with E-state index in [1.807, 2.05) is 0 Å². The topological polar surface area (TPSA) is 69.7 Å². The summed E-state index contributed by atoms with van der Waals surface area (Å²) in [6.07, 6.45) is 7.39. The maximum Gasteiger partial charge on any atom is 0.305 e. The minimum Gasteiger partial charge on any atom is -0.493 e. The third kappa shape index (κ3) is 7.39. The molecule has 0 bridgehead atoms. The third-order valence-corrected chi connectivity index (χ3v) is 11.9. The molecule has 0 aromatic heterocycles. The summed E-state index contributed by atoms with van der Waals surface area (Å²) in [5.74, 6) is 5.01. The van der Waals surface area contributed by atoms with Gasteiger partial charge in [0.2, 0.25) is 0 Å². The lowest BCUT2D eigenvalue weighted by atomic mass is 9.72. The molecule has 1 saturated heterocycles. The first-order chi connectivity index (χ1) is 22.3. The minimum absolute atomic E-state index is 0.151. The van der Waals surface area contributed by atoms with Crippen LogP contribution in [0.5, 0.6) is 23.0 Å². The Bertz CT molecular complexity index is 1390. The first-order valence-corrected chi connectivity index (χ1v) is 18.0. The highest BCUT2D eigenvalue weighted by atomic mass is 32.2. The molecule has 0 radical (unpaired) electrons. The number of benzene rings is 2. The summed E-state index contributed by atoms with van der Waals surface area (Å²) in [6.45, 7) is 5.39. The molecule has 0 saturated carbocycles. The Balaban J connectivity index is 1.42. The number of fused-ring (bicyclic) bond motifs is 4. The third-order valence-electron chi connectivity index (χ3n) is 10.3. The molecule has 0 aliphatic carbocycles. The fourth-order valence-electron chi connectivity index (χ4n) is 7.76. The Hall–Kier alpha value is -2.69. The van der Waals surface area contributed by atoms with E-state index < -0.39 is 0 Å². The molecule has 8 nitrogen and oxygen atoms in total. The van der Waals surface area contributed by atoms with Crippen LogP contribution in [-0.4, -0.2) is 81.0 Å². The van der Waals surface area contributed by atoms with Gasteiger partial charge in [-0.25, -0.2) is 0 Å². The molecule has 46 heavy (non-hydrogen) atoms. The Morgan fingerprint density at radius 2 is 1.46 bits per heavy atom. The molecule has 3 heterocycles. The van der Waals surface area contributed by atoms with E-state index in [4.69, 9.17) is 35.9 Å². The van der Waals surface area contributed by atoms with E-state index >= 15 is 0 Å². The highest BCUT2D eigenvalue weighted by molar-refractivity contribution is 8.22. The highest BCUT2D eigenvalue weighted by Gasteiger charge is 2.41. The van der Waals surface area contributed by atoms with Crippen LogP contribution in [0, 0.1) is 11.8 Å². The van der Waals surface area contributed by atoms with Gasteiger partial charge in [0.05, 0.1) is 41.6 Å². The van der Waals surface area contributed by atoms with E-state index in [0.717, 1.165) is 97.7 Å². The predicted molar refractivity (Wildman–Crippen MR) is 188 cm³/mol. The number of esters is 1. The number of piperidine rings is 1. The van der Waals surface area contributed by atoms with E-state index in [2.05, 4.69) is 41.0 Å². The number of methoxy groups -OCH3 is 5. The second kappa shape index (κ2) is 15.9. The predicted octanol–water partition coefficient (Wildman–Crippen LogP) is 7.02. The second-order valence-electron chi connectivity index (χ2n) is 12.6. The highest BCUT2D eigenvalue weighted by Crippen LogP contribution is 2.49. The van der Waals surface area contributed by atoms with E-state index in [1.54, 1.807) is 40.2 Å². The molecule has 0 N–H and O–H groups in total. The quantitative estimate of drug-likeness (QED) is 0.134. The molecule has 0 unspecified atom stereocenters. The molecule has 0 spiro atoms. The first kappa shape index (κ1) is 34.6. The SMILES string of the molecule is CC[C@H]1CN2CCc3cc(OC)c(OC)cc3[C@@H]2C[C@@H]1C[C@@H]1c2cc(OC)c(OC)cc2CCN1C(=S)SCCCCC(=O)OC. The Labute approximate surface area is 284 Å². The summed E-state index contributed by atoms with van der Waals surface area (Å²) < 4.78 is 28.6. The summed E-state index contributed by atoms with van der Waals surface area (Å²) in [4.78, 5) is 16.7. The Morgan fingerprint density at radius 1 is 0.848 bits per heavy atom. The van der Waals surface area contributed by atoms with Crippen molar-refractivity contribution in [3.05, 3.63) is 46.5 Å². The van der Waals surface area contributed by atoms with Gasteiger partial charge < -0.3 is 28.6 Å². The molecule has 4 atom stereocenters. The molecule has 3 aliphatic rings. The van der Waals surface area contributed by atoms with Crippen LogP contribution in [0.4, 0.5) is 0 Å². The van der Waals surface area contributed by atoms with Gasteiger partial charge in [-0.3, -0.25) is 9.69 Å². The van der Waals surface area contributed by atoms with Gasteiger partial charge in [-0.05, 0) is 96.9 Å². The van der Waals surface area contributed by atoms with Gasteiger partial charge in [-0.2, -0.15) is 0 Å². The van der Waals surface area contributed by atoms with Gasteiger partial charge in [0.15, 0.2) is 23.0 Å². The van der Waals surface area contributed by atoms with Crippen molar-refractivity contribution in [1.82, 2.24) is 9.80 Å². The fraction of sp³-hybridized carbons (Fsp3) is 0.611. The molecule has 3 aliphatic heterocycles. The minimum atomic E-state index is -0.153. The van der Waals surface area contributed by atoms with Crippen LogP contribution in [0.25, 0.3) is 0 Å². The van der Waals surface area contributed by atoms with Crippen molar-refractivity contribution in [3.63, 3.8) is 0 Å².